The zero-order valence-electron chi connectivity index (χ0n) is 9.84. The van der Waals surface area contributed by atoms with Crippen LogP contribution in [0.4, 0.5) is 0 Å². The maximum atomic E-state index is 10.8. The Morgan fingerprint density at radius 3 is 2.69 bits per heavy atom. The SMILES string of the molecule is C/C(=C\C=C\CO)[C@@H]1OC(C)(C)O[C@H]1C=O. The van der Waals surface area contributed by atoms with Crippen molar-refractivity contribution in [3.8, 4) is 0 Å². The molecule has 0 unspecified atom stereocenters. The van der Waals surface area contributed by atoms with E-state index in [2.05, 4.69) is 0 Å². The number of aliphatic hydroxyl groups excluding tert-OH is 1. The summed E-state index contributed by atoms with van der Waals surface area (Å²) in [5.41, 5.74) is 0.896. The van der Waals surface area contributed by atoms with Crippen LogP contribution < -0.4 is 0 Å². The van der Waals surface area contributed by atoms with Crippen molar-refractivity contribution in [1.29, 1.82) is 0 Å². The van der Waals surface area contributed by atoms with E-state index in [0.717, 1.165) is 11.9 Å². The van der Waals surface area contributed by atoms with Crippen molar-refractivity contribution in [2.45, 2.75) is 38.8 Å². The minimum atomic E-state index is -0.730. The van der Waals surface area contributed by atoms with E-state index >= 15 is 0 Å². The number of hydrogen-bond donors (Lipinski definition) is 1. The van der Waals surface area contributed by atoms with Crippen LogP contribution >= 0.6 is 0 Å². The van der Waals surface area contributed by atoms with Gasteiger partial charge in [-0.1, -0.05) is 18.2 Å². The van der Waals surface area contributed by atoms with Gasteiger partial charge in [0.15, 0.2) is 12.1 Å². The van der Waals surface area contributed by atoms with Crippen LogP contribution in [0, 0.1) is 0 Å². The van der Waals surface area contributed by atoms with Crippen LogP contribution in [0.5, 0.6) is 0 Å². The first-order chi connectivity index (χ1) is 7.50. The zero-order chi connectivity index (χ0) is 12.2. The van der Waals surface area contributed by atoms with Gasteiger partial charge < -0.3 is 19.4 Å². The van der Waals surface area contributed by atoms with Gasteiger partial charge in [-0.05, 0) is 26.3 Å². The summed E-state index contributed by atoms with van der Waals surface area (Å²) in [6.07, 6.45) is 4.99. The Morgan fingerprint density at radius 2 is 2.12 bits per heavy atom. The highest BCUT2D eigenvalue weighted by atomic mass is 16.8. The number of rotatable bonds is 4. The summed E-state index contributed by atoms with van der Waals surface area (Å²) in [6.45, 7) is 5.42. The van der Waals surface area contributed by atoms with Crippen molar-refractivity contribution < 1.29 is 19.4 Å². The standard InChI is InChI=1S/C12H18O4/c1-9(6-4-5-7-13)11-10(8-14)15-12(2,3)16-11/h4-6,8,10-11,13H,7H2,1-3H3/b5-4+,9-6+/t10-,11-/m0/s1. The zero-order valence-corrected chi connectivity index (χ0v) is 9.84. The van der Waals surface area contributed by atoms with Crippen LogP contribution in [0.1, 0.15) is 20.8 Å². The Labute approximate surface area is 95.6 Å². The molecule has 4 heteroatoms. The molecule has 0 amide bonds. The van der Waals surface area contributed by atoms with Gasteiger partial charge in [0, 0.05) is 0 Å². The van der Waals surface area contributed by atoms with E-state index in [-0.39, 0.29) is 12.7 Å². The maximum absolute atomic E-state index is 10.8. The second kappa shape index (κ2) is 5.39. The van der Waals surface area contributed by atoms with Crippen LogP contribution in [0.3, 0.4) is 0 Å². The fraction of sp³-hybridized carbons (Fsp3) is 0.583. The molecule has 2 atom stereocenters. The summed E-state index contributed by atoms with van der Waals surface area (Å²) in [7, 11) is 0. The largest absolute Gasteiger partial charge is 0.392 e. The van der Waals surface area contributed by atoms with E-state index < -0.39 is 11.9 Å². The monoisotopic (exact) mass is 226 g/mol. The molecule has 4 nitrogen and oxygen atoms in total. The molecule has 1 rings (SSSR count). The fourth-order valence-corrected chi connectivity index (χ4v) is 1.62. The molecule has 16 heavy (non-hydrogen) atoms. The summed E-state index contributed by atoms with van der Waals surface area (Å²) >= 11 is 0. The van der Waals surface area contributed by atoms with Crippen LogP contribution in [0.15, 0.2) is 23.8 Å². The number of carbonyl (C=O) groups excluding carboxylic acids is 1. The molecule has 1 aliphatic rings. The molecule has 1 heterocycles. The average molecular weight is 226 g/mol. The number of allylic oxidation sites excluding steroid dienone is 2. The lowest BCUT2D eigenvalue weighted by Crippen LogP contribution is -2.24. The Hall–Kier alpha value is -0.970. The smallest absolute Gasteiger partial charge is 0.164 e. The van der Waals surface area contributed by atoms with E-state index in [4.69, 9.17) is 14.6 Å². The summed E-state index contributed by atoms with van der Waals surface area (Å²) < 4.78 is 11.1. The Kier molecular flexibility index (Phi) is 4.41. The first-order valence-electron chi connectivity index (χ1n) is 5.25. The van der Waals surface area contributed by atoms with Gasteiger partial charge in [-0.15, -0.1) is 0 Å². The molecule has 0 aromatic rings. The minimum Gasteiger partial charge on any atom is -0.392 e. The molecular formula is C12H18O4. The van der Waals surface area contributed by atoms with Gasteiger partial charge in [-0.2, -0.15) is 0 Å². The molecule has 0 spiro atoms. The highest BCUT2D eigenvalue weighted by Crippen LogP contribution is 2.30. The maximum Gasteiger partial charge on any atom is 0.164 e. The number of hydrogen-bond acceptors (Lipinski definition) is 4. The summed E-state index contributed by atoms with van der Waals surface area (Å²) in [6, 6.07) is 0. The topological polar surface area (TPSA) is 55.8 Å². The van der Waals surface area contributed by atoms with E-state index in [1.165, 1.54) is 0 Å². The predicted molar refractivity (Wildman–Crippen MR) is 59.9 cm³/mol. The Balaban J connectivity index is 2.75. The molecular weight excluding hydrogens is 208 g/mol. The molecule has 1 fully saturated rings. The van der Waals surface area contributed by atoms with Crippen LogP contribution in [-0.2, 0) is 14.3 Å². The van der Waals surface area contributed by atoms with E-state index in [9.17, 15) is 4.79 Å². The molecule has 90 valence electrons. The van der Waals surface area contributed by atoms with Gasteiger partial charge in [-0.3, -0.25) is 0 Å². The first kappa shape index (κ1) is 13.1. The normalized spacial score (nSPS) is 29.9. The lowest BCUT2D eigenvalue weighted by atomic mass is 10.1. The average Bonchev–Trinajstić information content (AvgIpc) is 2.54. The third-order valence-corrected chi connectivity index (χ3v) is 2.31. The van der Waals surface area contributed by atoms with Crippen molar-refractivity contribution in [2.75, 3.05) is 6.61 Å². The lowest BCUT2D eigenvalue weighted by Gasteiger charge is -2.16. The predicted octanol–water partition coefficient (Wildman–Crippen LogP) is 1.20. The van der Waals surface area contributed by atoms with Gasteiger partial charge in [0.05, 0.1) is 6.61 Å². The van der Waals surface area contributed by atoms with Gasteiger partial charge in [0.2, 0.25) is 0 Å². The summed E-state index contributed by atoms with van der Waals surface area (Å²) in [5, 5.41) is 8.60. The van der Waals surface area contributed by atoms with Crippen molar-refractivity contribution >= 4 is 6.29 Å². The molecule has 1 N–H and O–H groups in total. The van der Waals surface area contributed by atoms with Gasteiger partial charge in [0.1, 0.15) is 12.2 Å². The number of carbonyl (C=O) groups is 1. The molecule has 1 aliphatic heterocycles. The molecule has 0 saturated carbocycles. The molecule has 0 aromatic heterocycles. The van der Waals surface area contributed by atoms with Gasteiger partial charge in [0.25, 0.3) is 0 Å². The second-order valence-electron chi connectivity index (χ2n) is 4.18. The lowest BCUT2D eigenvalue weighted by molar-refractivity contribution is -0.148. The van der Waals surface area contributed by atoms with Gasteiger partial charge >= 0.3 is 0 Å². The molecule has 0 radical (unpaired) electrons. The van der Waals surface area contributed by atoms with E-state index in [1.807, 2.05) is 13.0 Å². The quantitative estimate of drug-likeness (QED) is 0.578. The molecule has 0 aliphatic carbocycles. The number of ether oxygens (including phenoxy) is 2. The van der Waals surface area contributed by atoms with Crippen molar-refractivity contribution in [2.24, 2.45) is 0 Å². The highest BCUT2D eigenvalue weighted by molar-refractivity contribution is 5.59. The summed E-state index contributed by atoms with van der Waals surface area (Å²) in [5.74, 6) is -0.730. The van der Waals surface area contributed by atoms with Crippen LogP contribution in [-0.4, -0.2) is 36.0 Å². The number of aldehydes is 1. The fourth-order valence-electron chi connectivity index (χ4n) is 1.62. The Morgan fingerprint density at radius 1 is 1.44 bits per heavy atom. The Bertz CT molecular complexity index is 304. The van der Waals surface area contributed by atoms with E-state index in [1.54, 1.807) is 26.0 Å². The van der Waals surface area contributed by atoms with Crippen molar-refractivity contribution in [3.63, 3.8) is 0 Å². The van der Waals surface area contributed by atoms with E-state index in [0.29, 0.717) is 0 Å². The first-order valence-corrected chi connectivity index (χ1v) is 5.25. The van der Waals surface area contributed by atoms with Crippen molar-refractivity contribution in [3.05, 3.63) is 23.8 Å². The molecule has 0 aromatic carbocycles. The third-order valence-electron chi connectivity index (χ3n) is 2.31. The summed E-state index contributed by atoms with van der Waals surface area (Å²) in [4.78, 5) is 10.8. The highest BCUT2D eigenvalue weighted by Gasteiger charge is 2.41. The van der Waals surface area contributed by atoms with Crippen LogP contribution in [0.2, 0.25) is 0 Å². The molecule has 0 bridgehead atoms. The van der Waals surface area contributed by atoms with Crippen molar-refractivity contribution in [1.82, 2.24) is 0 Å². The van der Waals surface area contributed by atoms with Gasteiger partial charge in [-0.25, -0.2) is 0 Å². The number of aliphatic hydroxyl groups is 1. The minimum absolute atomic E-state index is 0.00555. The van der Waals surface area contributed by atoms with Crippen LogP contribution in [0.25, 0.3) is 0 Å². The molecule has 1 saturated heterocycles. The third kappa shape index (κ3) is 3.27. The second-order valence-corrected chi connectivity index (χ2v) is 4.18.